The summed E-state index contributed by atoms with van der Waals surface area (Å²) in [6.07, 6.45) is 0.859. The smallest absolute Gasteiger partial charge is 0.178 e. The zero-order chi connectivity index (χ0) is 13.0. The Bertz CT molecular complexity index is 477. The molecule has 0 aliphatic carbocycles. The van der Waals surface area contributed by atoms with Crippen molar-refractivity contribution < 1.29 is 17.9 Å². The van der Waals surface area contributed by atoms with Crippen LogP contribution in [0.5, 0.6) is 0 Å². The lowest BCUT2D eigenvalue weighted by Crippen LogP contribution is -2.27. The van der Waals surface area contributed by atoms with Crippen LogP contribution in [0, 0.1) is 0 Å². The van der Waals surface area contributed by atoms with Crippen LogP contribution >= 0.6 is 15.9 Å². The Labute approximate surface area is 115 Å². The number of benzene rings is 1. The molecular formula is C12H15BrO4S. The minimum Gasteiger partial charge on any atom is -0.353 e. The maximum absolute atomic E-state index is 12.1. The molecule has 0 spiro atoms. The Morgan fingerprint density at radius 2 is 1.78 bits per heavy atom. The van der Waals surface area contributed by atoms with Crippen molar-refractivity contribution in [3.05, 3.63) is 28.7 Å². The SMILES string of the molecule is O=S(=O)(CCC1OCCCO1)c1ccc(Br)cc1. The molecule has 6 heteroatoms. The largest absolute Gasteiger partial charge is 0.353 e. The van der Waals surface area contributed by atoms with E-state index in [9.17, 15) is 8.42 Å². The van der Waals surface area contributed by atoms with Crippen LogP contribution < -0.4 is 0 Å². The zero-order valence-corrected chi connectivity index (χ0v) is 12.2. The molecular weight excluding hydrogens is 320 g/mol. The van der Waals surface area contributed by atoms with Gasteiger partial charge in [-0.25, -0.2) is 8.42 Å². The molecule has 18 heavy (non-hydrogen) atoms. The van der Waals surface area contributed by atoms with Crippen LogP contribution in [0.1, 0.15) is 12.8 Å². The van der Waals surface area contributed by atoms with Crippen molar-refractivity contribution >= 4 is 25.8 Å². The van der Waals surface area contributed by atoms with Crippen LogP contribution in [0.25, 0.3) is 0 Å². The Morgan fingerprint density at radius 1 is 1.17 bits per heavy atom. The fourth-order valence-corrected chi connectivity index (χ4v) is 3.27. The van der Waals surface area contributed by atoms with E-state index in [2.05, 4.69) is 15.9 Å². The zero-order valence-electron chi connectivity index (χ0n) is 9.84. The van der Waals surface area contributed by atoms with Crippen molar-refractivity contribution in [3.8, 4) is 0 Å². The van der Waals surface area contributed by atoms with Gasteiger partial charge >= 0.3 is 0 Å². The van der Waals surface area contributed by atoms with E-state index in [-0.39, 0.29) is 12.0 Å². The van der Waals surface area contributed by atoms with Crippen LogP contribution in [-0.4, -0.2) is 33.7 Å². The molecule has 0 unspecified atom stereocenters. The molecule has 1 fully saturated rings. The molecule has 1 aromatic carbocycles. The molecule has 0 bridgehead atoms. The van der Waals surface area contributed by atoms with Gasteiger partial charge in [0.2, 0.25) is 0 Å². The van der Waals surface area contributed by atoms with Crippen LogP contribution in [0.3, 0.4) is 0 Å². The van der Waals surface area contributed by atoms with Gasteiger partial charge in [0.1, 0.15) is 0 Å². The molecule has 1 aliphatic rings. The summed E-state index contributed by atoms with van der Waals surface area (Å²) in [7, 11) is -3.26. The topological polar surface area (TPSA) is 52.6 Å². The second-order valence-electron chi connectivity index (χ2n) is 4.09. The number of hydrogen-bond donors (Lipinski definition) is 0. The number of rotatable bonds is 4. The van der Waals surface area contributed by atoms with Gasteiger partial charge in [-0.05, 0) is 30.7 Å². The lowest BCUT2D eigenvalue weighted by molar-refractivity contribution is -0.178. The molecule has 0 atom stereocenters. The van der Waals surface area contributed by atoms with E-state index in [0.29, 0.717) is 24.5 Å². The minimum absolute atomic E-state index is 0.0410. The normalized spacial score (nSPS) is 17.8. The minimum atomic E-state index is -3.26. The van der Waals surface area contributed by atoms with E-state index in [1.54, 1.807) is 24.3 Å². The molecule has 1 heterocycles. The Morgan fingerprint density at radius 3 is 2.39 bits per heavy atom. The summed E-state index contributed by atoms with van der Waals surface area (Å²) in [5.74, 6) is 0.0410. The molecule has 1 saturated heterocycles. The first-order valence-electron chi connectivity index (χ1n) is 5.79. The maximum Gasteiger partial charge on any atom is 0.178 e. The molecule has 1 aliphatic heterocycles. The third-order valence-corrected chi connectivity index (χ3v) is 4.98. The van der Waals surface area contributed by atoms with Crippen LogP contribution in [0.2, 0.25) is 0 Å². The van der Waals surface area contributed by atoms with Gasteiger partial charge in [0.25, 0.3) is 0 Å². The van der Waals surface area contributed by atoms with Gasteiger partial charge in [-0.3, -0.25) is 0 Å². The summed E-state index contributed by atoms with van der Waals surface area (Å²) in [5.41, 5.74) is 0. The van der Waals surface area contributed by atoms with Gasteiger partial charge in [-0.2, -0.15) is 0 Å². The van der Waals surface area contributed by atoms with E-state index in [4.69, 9.17) is 9.47 Å². The lowest BCUT2D eigenvalue weighted by Gasteiger charge is -2.22. The Kier molecular flexibility index (Phi) is 4.77. The van der Waals surface area contributed by atoms with Crippen molar-refractivity contribution in [3.63, 3.8) is 0 Å². The van der Waals surface area contributed by atoms with Gasteiger partial charge in [0, 0.05) is 10.9 Å². The first kappa shape index (κ1) is 14.0. The van der Waals surface area contributed by atoms with Crippen molar-refractivity contribution in [2.75, 3.05) is 19.0 Å². The molecule has 2 rings (SSSR count). The maximum atomic E-state index is 12.1. The van der Waals surface area contributed by atoms with Crippen molar-refractivity contribution in [2.45, 2.75) is 24.0 Å². The van der Waals surface area contributed by atoms with E-state index >= 15 is 0 Å². The highest BCUT2D eigenvalue weighted by atomic mass is 79.9. The first-order valence-corrected chi connectivity index (χ1v) is 8.24. The monoisotopic (exact) mass is 334 g/mol. The number of halogens is 1. The molecule has 0 N–H and O–H groups in total. The van der Waals surface area contributed by atoms with Gasteiger partial charge in [-0.1, -0.05) is 15.9 Å². The summed E-state index contributed by atoms with van der Waals surface area (Å²) >= 11 is 3.28. The van der Waals surface area contributed by atoms with Crippen LogP contribution in [0.4, 0.5) is 0 Å². The standard InChI is InChI=1S/C12H15BrO4S/c13-10-2-4-11(5-3-10)18(14,15)9-6-12-16-7-1-8-17-12/h2-5,12H,1,6-9H2. The Hall–Kier alpha value is -0.430. The van der Waals surface area contributed by atoms with Crippen molar-refractivity contribution in [1.82, 2.24) is 0 Å². The molecule has 4 nitrogen and oxygen atoms in total. The molecule has 0 aromatic heterocycles. The summed E-state index contributed by atoms with van der Waals surface area (Å²) in [6.45, 7) is 1.28. The highest BCUT2D eigenvalue weighted by molar-refractivity contribution is 9.10. The first-order chi connectivity index (χ1) is 8.58. The fraction of sp³-hybridized carbons (Fsp3) is 0.500. The van der Waals surface area contributed by atoms with Crippen molar-refractivity contribution in [2.24, 2.45) is 0 Å². The molecule has 100 valence electrons. The summed E-state index contributed by atoms with van der Waals surface area (Å²) in [6, 6.07) is 6.64. The van der Waals surface area contributed by atoms with E-state index < -0.39 is 9.84 Å². The summed E-state index contributed by atoms with van der Waals surface area (Å²) in [4.78, 5) is 0.335. The van der Waals surface area contributed by atoms with Crippen LogP contribution in [-0.2, 0) is 19.3 Å². The van der Waals surface area contributed by atoms with E-state index in [1.807, 2.05) is 0 Å². The number of sulfone groups is 1. The van der Waals surface area contributed by atoms with E-state index in [1.165, 1.54) is 0 Å². The molecule has 1 aromatic rings. The summed E-state index contributed by atoms with van der Waals surface area (Å²) < 4.78 is 35.6. The second-order valence-corrected chi connectivity index (χ2v) is 7.11. The predicted octanol–water partition coefficient (Wildman–Crippen LogP) is 2.38. The van der Waals surface area contributed by atoms with Crippen LogP contribution in [0.15, 0.2) is 33.6 Å². The molecule has 0 saturated carbocycles. The summed E-state index contributed by atoms with van der Waals surface area (Å²) in [5, 5.41) is 0. The number of ether oxygens (including phenoxy) is 2. The van der Waals surface area contributed by atoms with Gasteiger partial charge in [-0.15, -0.1) is 0 Å². The second kappa shape index (κ2) is 6.14. The number of hydrogen-bond acceptors (Lipinski definition) is 4. The van der Waals surface area contributed by atoms with Gasteiger partial charge in [0.05, 0.1) is 23.9 Å². The average Bonchev–Trinajstić information content (AvgIpc) is 2.38. The molecule has 0 radical (unpaired) electrons. The van der Waals surface area contributed by atoms with Crippen molar-refractivity contribution in [1.29, 1.82) is 0 Å². The highest BCUT2D eigenvalue weighted by Crippen LogP contribution is 2.18. The third-order valence-electron chi connectivity index (χ3n) is 2.69. The fourth-order valence-electron chi connectivity index (χ4n) is 1.71. The van der Waals surface area contributed by atoms with E-state index in [0.717, 1.165) is 10.9 Å². The van der Waals surface area contributed by atoms with Gasteiger partial charge < -0.3 is 9.47 Å². The predicted molar refractivity (Wildman–Crippen MR) is 71.1 cm³/mol. The lowest BCUT2D eigenvalue weighted by atomic mass is 10.4. The quantitative estimate of drug-likeness (QED) is 0.848. The highest BCUT2D eigenvalue weighted by Gasteiger charge is 2.20. The Balaban J connectivity index is 1.96. The third kappa shape index (κ3) is 3.78. The van der Waals surface area contributed by atoms with Gasteiger partial charge in [0.15, 0.2) is 16.1 Å². The average molecular weight is 335 g/mol. The molecule has 0 amide bonds.